The molecule has 0 unspecified atom stereocenters. The lowest BCUT2D eigenvalue weighted by Crippen LogP contribution is -2.16. The maximum atomic E-state index is 12.0. The van der Waals surface area contributed by atoms with Gasteiger partial charge in [0.2, 0.25) is 5.91 Å². The van der Waals surface area contributed by atoms with Gasteiger partial charge in [0.25, 0.3) is 0 Å². The number of aryl methyl sites for hydroxylation is 2. The molecule has 2 aromatic rings. The van der Waals surface area contributed by atoms with Gasteiger partial charge in [0, 0.05) is 0 Å². The highest BCUT2D eigenvalue weighted by Crippen LogP contribution is 2.13. The summed E-state index contributed by atoms with van der Waals surface area (Å²) in [5.74, 6) is 0.504. The Balaban J connectivity index is 2.07. The molecule has 1 heterocycles. The van der Waals surface area contributed by atoms with Crippen LogP contribution in [0.1, 0.15) is 16.7 Å². The van der Waals surface area contributed by atoms with Crippen molar-refractivity contribution in [1.29, 1.82) is 0 Å². The van der Waals surface area contributed by atoms with E-state index in [0.717, 1.165) is 16.7 Å². The van der Waals surface area contributed by atoms with E-state index in [0.29, 0.717) is 16.8 Å². The SMILES string of the molecule is Cc1ccc(C)c(CC(=O)Nc2cccc(Br)n2)c1. The Morgan fingerprint density at radius 3 is 2.79 bits per heavy atom. The number of amides is 1. The first-order valence-corrected chi connectivity index (χ1v) is 6.82. The first-order chi connectivity index (χ1) is 9.04. The van der Waals surface area contributed by atoms with Crippen molar-refractivity contribution in [2.75, 3.05) is 5.32 Å². The first kappa shape index (κ1) is 13.7. The van der Waals surface area contributed by atoms with Crippen molar-refractivity contribution in [2.24, 2.45) is 0 Å². The van der Waals surface area contributed by atoms with E-state index in [1.807, 2.05) is 44.2 Å². The van der Waals surface area contributed by atoms with E-state index in [4.69, 9.17) is 0 Å². The smallest absolute Gasteiger partial charge is 0.229 e. The second kappa shape index (κ2) is 5.97. The highest BCUT2D eigenvalue weighted by atomic mass is 79.9. The van der Waals surface area contributed by atoms with Crippen LogP contribution < -0.4 is 5.32 Å². The van der Waals surface area contributed by atoms with E-state index in [9.17, 15) is 4.79 Å². The largest absolute Gasteiger partial charge is 0.310 e. The van der Waals surface area contributed by atoms with E-state index >= 15 is 0 Å². The van der Waals surface area contributed by atoms with Crippen molar-refractivity contribution >= 4 is 27.7 Å². The molecule has 2 rings (SSSR count). The number of rotatable bonds is 3. The summed E-state index contributed by atoms with van der Waals surface area (Å²) in [5, 5.41) is 2.80. The predicted molar refractivity (Wildman–Crippen MR) is 80.2 cm³/mol. The number of hydrogen-bond donors (Lipinski definition) is 1. The summed E-state index contributed by atoms with van der Waals surface area (Å²) < 4.78 is 0.706. The van der Waals surface area contributed by atoms with Gasteiger partial charge in [-0.25, -0.2) is 4.98 Å². The van der Waals surface area contributed by atoms with E-state index in [2.05, 4.69) is 26.2 Å². The molecule has 0 aliphatic heterocycles. The van der Waals surface area contributed by atoms with Gasteiger partial charge in [-0.2, -0.15) is 0 Å². The fourth-order valence-electron chi connectivity index (χ4n) is 1.83. The van der Waals surface area contributed by atoms with E-state index in [1.54, 1.807) is 6.07 Å². The summed E-state index contributed by atoms with van der Waals surface area (Å²) in [6.45, 7) is 4.04. The third kappa shape index (κ3) is 3.89. The number of benzene rings is 1. The summed E-state index contributed by atoms with van der Waals surface area (Å²) in [6, 6.07) is 11.6. The minimum atomic E-state index is -0.0562. The number of carbonyl (C=O) groups is 1. The lowest BCUT2D eigenvalue weighted by Gasteiger charge is -2.08. The predicted octanol–water partition coefficient (Wildman–Crippen LogP) is 3.64. The number of nitrogens with one attached hydrogen (secondary N) is 1. The topological polar surface area (TPSA) is 42.0 Å². The van der Waals surface area contributed by atoms with Gasteiger partial charge in [-0.3, -0.25) is 4.79 Å². The van der Waals surface area contributed by atoms with Crippen LogP contribution in [0.25, 0.3) is 0 Å². The zero-order valence-electron chi connectivity index (χ0n) is 10.9. The molecular weight excluding hydrogens is 304 g/mol. The minimum Gasteiger partial charge on any atom is -0.310 e. The Morgan fingerprint density at radius 1 is 1.26 bits per heavy atom. The molecule has 98 valence electrons. The van der Waals surface area contributed by atoms with Gasteiger partial charge in [0.1, 0.15) is 10.4 Å². The number of hydrogen-bond acceptors (Lipinski definition) is 2. The van der Waals surface area contributed by atoms with Crippen molar-refractivity contribution in [1.82, 2.24) is 4.98 Å². The van der Waals surface area contributed by atoms with Crippen LogP contribution in [-0.2, 0) is 11.2 Å². The molecule has 1 N–H and O–H groups in total. The Labute approximate surface area is 121 Å². The lowest BCUT2D eigenvalue weighted by molar-refractivity contribution is -0.115. The number of nitrogens with zero attached hydrogens (tertiary/aromatic N) is 1. The van der Waals surface area contributed by atoms with Crippen LogP contribution in [0.2, 0.25) is 0 Å². The molecule has 1 aromatic heterocycles. The van der Waals surface area contributed by atoms with Crippen molar-refractivity contribution in [2.45, 2.75) is 20.3 Å². The Kier molecular flexibility index (Phi) is 4.32. The quantitative estimate of drug-likeness (QED) is 0.878. The van der Waals surface area contributed by atoms with Crippen LogP contribution >= 0.6 is 15.9 Å². The molecule has 0 saturated heterocycles. The highest BCUT2D eigenvalue weighted by molar-refractivity contribution is 9.10. The summed E-state index contributed by atoms with van der Waals surface area (Å²) >= 11 is 3.28. The molecule has 3 nitrogen and oxygen atoms in total. The molecule has 1 aromatic carbocycles. The second-order valence-corrected chi connectivity index (χ2v) is 5.31. The van der Waals surface area contributed by atoms with Crippen molar-refractivity contribution < 1.29 is 4.79 Å². The fourth-order valence-corrected chi connectivity index (χ4v) is 2.17. The summed E-state index contributed by atoms with van der Waals surface area (Å²) in [7, 11) is 0. The van der Waals surface area contributed by atoms with Gasteiger partial charge in [-0.05, 0) is 53.0 Å². The van der Waals surface area contributed by atoms with E-state index < -0.39 is 0 Å². The Bertz CT molecular complexity index is 611. The van der Waals surface area contributed by atoms with Crippen LogP contribution in [0.5, 0.6) is 0 Å². The normalized spacial score (nSPS) is 10.3. The maximum Gasteiger partial charge on any atom is 0.229 e. The zero-order chi connectivity index (χ0) is 13.8. The van der Waals surface area contributed by atoms with Crippen LogP contribution in [-0.4, -0.2) is 10.9 Å². The molecule has 19 heavy (non-hydrogen) atoms. The number of halogens is 1. The van der Waals surface area contributed by atoms with Crippen LogP contribution in [0.3, 0.4) is 0 Å². The van der Waals surface area contributed by atoms with Gasteiger partial charge in [-0.15, -0.1) is 0 Å². The average molecular weight is 319 g/mol. The molecule has 0 atom stereocenters. The van der Waals surface area contributed by atoms with Gasteiger partial charge in [0.15, 0.2) is 0 Å². The second-order valence-electron chi connectivity index (χ2n) is 4.50. The third-order valence-corrected chi connectivity index (χ3v) is 3.28. The van der Waals surface area contributed by atoms with E-state index in [-0.39, 0.29) is 5.91 Å². The first-order valence-electron chi connectivity index (χ1n) is 6.03. The fraction of sp³-hybridized carbons (Fsp3) is 0.200. The third-order valence-electron chi connectivity index (χ3n) is 2.84. The number of anilines is 1. The Hall–Kier alpha value is -1.68. The monoisotopic (exact) mass is 318 g/mol. The zero-order valence-corrected chi connectivity index (χ0v) is 12.5. The van der Waals surface area contributed by atoms with Crippen molar-refractivity contribution in [3.8, 4) is 0 Å². The molecule has 0 radical (unpaired) electrons. The minimum absolute atomic E-state index is 0.0562. The number of aromatic nitrogens is 1. The molecule has 0 aliphatic rings. The molecular formula is C15H15BrN2O. The number of pyridine rings is 1. The lowest BCUT2D eigenvalue weighted by atomic mass is 10.0. The van der Waals surface area contributed by atoms with Crippen LogP contribution in [0, 0.1) is 13.8 Å². The average Bonchev–Trinajstić information content (AvgIpc) is 2.34. The summed E-state index contributed by atoms with van der Waals surface area (Å²) in [6.07, 6.45) is 0.363. The summed E-state index contributed by atoms with van der Waals surface area (Å²) in [5.41, 5.74) is 3.34. The molecule has 0 bridgehead atoms. The Morgan fingerprint density at radius 2 is 2.05 bits per heavy atom. The van der Waals surface area contributed by atoms with Crippen molar-refractivity contribution in [3.63, 3.8) is 0 Å². The van der Waals surface area contributed by atoms with Gasteiger partial charge in [0.05, 0.1) is 6.42 Å². The molecule has 4 heteroatoms. The highest BCUT2D eigenvalue weighted by Gasteiger charge is 2.07. The molecule has 0 fully saturated rings. The van der Waals surface area contributed by atoms with Crippen LogP contribution in [0.4, 0.5) is 5.82 Å². The van der Waals surface area contributed by atoms with Gasteiger partial charge in [-0.1, -0.05) is 29.8 Å². The maximum absolute atomic E-state index is 12.0. The van der Waals surface area contributed by atoms with E-state index in [1.165, 1.54) is 0 Å². The van der Waals surface area contributed by atoms with Crippen LogP contribution in [0.15, 0.2) is 41.0 Å². The number of carbonyl (C=O) groups excluding carboxylic acids is 1. The molecule has 0 aliphatic carbocycles. The van der Waals surface area contributed by atoms with Crippen molar-refractivity contribution in [3.05, 3.63) is 57.7 Å². The molecule has 1 amide bonds. The van der Waals surface area contributed by atoms with Gasteiger partial charge >= 0.3 is 0 Å². The molecule has 0 spiro atoms. The summed E-state index contributed by atoms with van der Waals surface area (Å²) in [4.78, 5) is 16.2. The molecule has 0 saturated carbocycles. The standard InChI is InChI=1S/C15H15BrN2O/c1-10-6-7-11(2)12(8-10)9-15(19)18-14-5-3-4-13(16)17-14/h3-8H,9H2,1-2H3,(H,17,18,19). The van der Waals surface area contributed by atoms with Gasteiger partial charge < -0.3 is 5.32 Å².